The van der Waals surface area contributed by atoms with Crippen LogP contribution in [0.4, 0.5) is 11.4 Å². The molecule has 2 rings (SSSR count). The molecule has 0 radical (unpaired) electrons. The number of anilines is 2. The number of hydrogen-bond acceptors (Lipinski definition) is 4. The summed E-state index contributed by atoms with van der Waals surface area (Å²) in [5.74, 6) is 0.132. The molecule has 0 heterocycles. The number of benzene rings is 2. The van der Waals surface area contributed by atoms with Gasteiger partial charge in [-0.05, 0) is 42.8 Å². The molecule has 7 heteroatoms. The highest BCUT2D eigenvalue weighted by Gasteiger charge is 2.09. The molecule has 0 aliphatic heterocycles. The van der Waals surface area contributed by atoms with Crippen molar-refractivity contribution in [3.8, 4) is 5.75 Å². The second-order valence-electron chi connectivity index (χ2n) is 5.58. The molecule has 0 saturated heterocycles. The van der Waals surface area contributed by atoms with E-state index in [1.807, 2.05) is 6.92 Å². The average molecular weight is 376 g/mol. The van der Waals surface area contributed by atoms with Crippen LogP contribution in [-0.4, -0.2) is 32.0 Å². The van der Waals surface area contributed by atoms with Gasteiger partial charge in [0.15, 0.2) is 0 Å². The van der Waals surface area contributed by atoms with Gasteiger partial charge in [0.05, 0.1) is 19.3 Å². The highest BCUT2D eigenvalue weighted by molar-refractivity contribution is 6.31. The first-order chi connectivity index (χ1) is 12.5. The van der Waals surface area contributed by atoms with Gasteiger partial charge in [0.25, 0.3) is 5.91 Å². The molecular weight excluding hydrogens is 354 g/mol. The predicted molar refractivity (Wildman–Crippen MR) is 104 cm³/mol. The van der Waals surface area contributed by atoms with Crippen molar-refractivity contribution in [1.82, 2.24) is 5.32 Å². The molecule has 6 nitrogen and oxygen atoms in total. The lowest BCUT2D eigenvalue weighted by molar-refractivity contribution is -0.114. The maximum absolute atomic E-state index is 12.2. The van der Waals surface area contributed by atoms with Crippen LogP contribution in [0.1, 0.15) is 23.7 Å². The predicted octanol–water partition coefficient (Wildman–Crippen LogP) is 3.54. The van der Waals surface area contributed by atoms with Gasteiger partial charge >= 0.3 is 0 Å². The van der Waals surface area contributed by atoms with E-state index < -0.39 is 0 Å². The molecule has 0 spiro atoms. The minimum Gasteiger partial charge on any atom is -0.495 e. The van der Waals surface area contributed by atoms with Crippen LogP contribution in [0.3, 0.4) is 0 Å². The van der Waals surface area contributed by atoms with Gasteiger partial charge in [-0.1, -0.05) is 24.6 Å². The van der Waals surface area contributed by atoms with E-state index >= 15 is 0 Å². The Bertz CT molecular complexity index is 780. The molecule has 3 N–H and O–H groups in total. The summed E-state index contributed by atoms with van der Waals surface area (Å²) < 4.78 is 5.20. The maximum atomic E-state index is 12.2. The quantitative estimate of drug-likeness (QED) is 0.659. The van der Waals surface area contributed by atoms with Crippen LogP contribution < -0.4 is 20.7 Å². The van der Waals surface area contributed by atoms with E-state index in [0.29, 0.717) is 34.3 Å². The van der Waals surface area contributed by atoms with Crippen LogP contribution in [0.25, 0.3) is 0 Å². The fourth-order valence-corrected chi connectivity index (χ4v) is 2.44. The largest absolute Gasteiger partial charge is 0.495 e. The zero-order valence-corrected chi connectivity index (χ0v) is 15.5. The van der Waals surface area contributed by atoms with Crippen LogP contribution >= 0.6 is 11.6 Å². The topological polar surface area (TPSA) is 79.5 Å². The summed E-state index contributed by atoms with van der Waals surface area (Å²) in [6, 6.07) is 12.0. The number of carbonyl (C=O) groups is 2. The van der Waals surface area contributed by atoms with Crippen molar-refractivity contribution in [2.75, 3.05) is 30.8 Å². The molecule has 26 heavy (non-hydrogen) atoms. The SMILES string of the molecule is CCCNC(=O)c1cccc(NCC(=O)Nc2cc(Cl)ccc2OC)c1. The van der Waals surface area contributed by atoms with Crippen LogP contribution in [-0.2, 0) is 4.79 Å². The number of ether oxygens (including phenoxy) is 1. The third-order valence-corrected chi connectivity index (χ3v) is 3.78. The summed E-state index contributed by atoms with van der Waals surface area (Å²) in [7, 11) is 1.52. The second-order valence-corrected chi connectivity index (χ2v) is 6.02. The molecule has 0 aromatic heterocycles. The Labute approximate surface area is 157 Å². The molecule has 0 saturated carbocycles. The maximum Gasteiger partial charge on any atom is 0.251 e. The van der Waals surface area contributed by atoms with Crippen molar-refractivity contribution >= 4 is 34.8 Å². The van der Waals surface area contributed by atoms with E-state index in [1.165, 1.54) is 7.11 Å². The third-order valence-electron chi connectivity index (χ3n) is 3.55. The lowest BCUT2D eigenvalue weighted by atomic mass is 10.2. The number of carbonyl (C=O) groups excluding carboxylic acids is 2. The zero-order chi connectivity index (χ0) is 18.9. The molecular formula is C19H22ClN3O3. The Morgan fingerprint density at radius 3 is 2.69 bits per heavy atom. The number of rotatable bonds is 8. The molecule has 2 aromatic rings. The van der Waals surface area contributed by atoms with E-state index in [2.05, 4.69) is 16.0 Å². The normalized spacial score (nSPS) is 10.1. The van der Waals surface area contributed by atoms with Gasteiger partial charge in [-0.3, -0.25) is 9.59 Å². The highest BCUT2D eigenvalue weighted by Crippen LogP contribution is 2.27. The zero-order valence-electron chi connectivity index (χ0n) is 14.8. The number of amides is 2. The first-order valence-corrected chi connectivity index (χ1v) is 8.66. The van der Waals surface area contributed by atoms with E-state index in [0.717, 1.165) is 6.42 Å². The monoisotopic (exact) mass is 375 g/mol. The van der Waals surface area contributed by atoms with Crippen LogP contribution in [0.15, 0.2) is 42.5 Å². The Hall–Kier alpha value is -2.73. The fourth-order valence-electron chi connectivity index (χ4n) is 2.27. The van der Waals surface area contributed by atoms with Crippen LogP contribution in [0.5, 0.6) is 5.75 Å². The summed E-state index contributed by atoms with van der Waals surface area (Å²) in [6.45, 7) is 2.65. The molecule has 2 amide bonds. The Morgan fingerprint density at radius 1 is 1.15 bits per heavy atom. The Morgan fingerprint density at radius 2 is 1.96 bits per heavy atom. The first-order valence-electron chi connectivity index (χ1n) is 8.29. The van der Waals surface area contributed by atoms with Gasteiger partial charge in [0.2, 0.25) is 5.91 Å². The molecule has 0 atom stereocenters. The van der Waals surface area contributed by atoms with Gasteiger partial charge in [0.1, 0.15) is 5.75 Å². The van der Waals surface area contributed by atoms with Crippen LogP contribution in [0, 0.1) is 0 Å². The standard InChI is InChI=1S/C19H22ClN3O3/c1-3-9-21-19(25)13-5-4-6-15(10-13)22-12-18(24)23-16-11-14(20)7-8-17(16)26-2/h4-8,10-11,22H,3,9,12H2,1-2H3,(H,21,25)(H,23,24). The summed E-state index contributed by atoms with van der Waals surface area (Å²) in [5.41, 5.74) is 1.72. The van der Waals surface area contributed by atoms with Gasteiger partial charge in [-0.2, -0.15) is 0 Å². The van der Waals surface area contributed by atoms with Gasteiger partial charge < -0.3 is 20.7 Å². The summed E-state index contributed by atoms with van der Waals surface area (Å²) in [6.07, 6.45) is 0.872. The molecule has 0 fully saturated rings. The Balaban J connectivity index is 1.95. The number of halogens is 1. The second kappa shape index (κ2) is 9.68. The number of methoxy groups -OCH3 is 1. The molecule has 0 bridgehead atoms. The van der Waals surface area contributed by atoms with Crippen molar-refractivity contribution < 1.29 is 14.3 Å². The van der Waals surface area contributed by atoms with Crippen molar-refractivity contribution in [3.05, 3.63) is 53.1 Å². The fraction of sp³-hybridized carbons (Fsp3) is 0.263. The molecule has 0 unspecified atom stereocenters. The summed E-state index contributed by atoms with van der Waals surface area (Å²) >= 11 is 5.95. The van der Waals surface area contributed by atoms with E-state index in [-0.39, 0.29) is 18.4 Å². The molecule has 0 aliphatic carbocycles. The van der Waals surface area contributed by atoms with Gasteiger partial charge in [-0.25, -0.2) is 0 Å². The summed E-state index contributed by atoms with van der Waals surface area (Å²) in [4.78, 5) is 24.2. The Kier molecular flexibility index (Phi) is 7.29. The molecule has 138 valence electrons. The summed E-state index contributed by atoms with van der Waals surface area (Å²) in [5, 5.41) is 9.07. The van der Waals surface area contributed by atoms with Crippen molar-refractivity contribution in [2.24, 2.45) is 0 Å². The smallest absolute Gasteiger partial charge is 0.251 e. The first kappa shape index (κ1) is 19.6. The highest BCUT2D eigenvalue weighted by atomic mass is 35.5. The minimum absolute atomic E-state index is 0.0374. The minimum atomic E-state index is -0.258. The lowest BCUT2D eigenvalue weighted by Crippen LogP contribution is -2.24. The van der Waals surface area contributed by atoms with E-state index in [1.54, 1.807) is 42.5 Å². The molecule has 2 aromatic carbocycles. The van der Waals surface area contributed by atoms with Crippen molar-refractivity contribution in [2.45, 2.75) is 13.3 Å². The van der Waals surface area contributed by atoms with Gasteiger partial charge in [0, 0.05) is 22.8 Å². The molecule has 0 aliphatic rings. The van der Waals surface area contributed by atoms with Crippen molar-refractivity contribution in [3.63, 3.8) is 0 Å². The number of hydrogen-bond donors (Lipinski definition) is 3. The van der Waals surface area contributed by atoms with Crippen LogP contribution in [0.2, 0.25) is 5.02 Å². The lowest BCUT2D eigenvalue weighted by Gasteiger charge is -2.12. The number of nitrogens with one attached hydrogen (secondary N) is 3. The third kappa shape index (κ3) is 5.67. The van der Waals surface area contributed by atoms with Gasteiger partial charge in [-0.15, -0.1) is 0 Å². The average Bonchev–Trinajstić information content (AvgIpc) is 2.65. The van der Waals surface area contributed by atoms with E-state index in [4.69, 9.17) is 16.3 Å². The van der Waals surface area contributed by atoms with E-state index in [9.17, 15) is 9.59 Å². The van der Waals surface area contributed by atoms with Crippen molar-refractivity contribution in [1.29, 1.82) is 0 Å².